The van der Waals surface area contributed by atoms with Crippen LogP contribution in [0.4, 0.5) is 5.69 Å². The van der Waals surface area contributed by atoms with Crippen LogP contribution in [0.15, 0.2) is 42.5 Å². The molecule has 0 saturated carbocycles. The largest absolute Gasteiger partial charge is 0.378 e. The van der Waals surface area contributed by atoms with Crippen LogP contribution in [0.3, 0.4) is 0 Å². The SMILES string of the molecule is O=C(c1ccc2c(c1)C(=O)N(c1ccc(Cl)cc1)C2=O)N1CCOCC1. The number of anilines is 1. The molecule has 0 bridgehead atoms. The Morgan fingerprint density at radius 1 is 0.923 bits per heavy atom. The number of fused-ring (bicyclic) bond motifs is 1. The molecule has 3 amide bonds. The molecule has 26 heavy (non-hydrogen) atoms. The molecule has 0 atom stereocenters. The predicted molar refractivity (Wildman–Crippen MR) is 95.8 cm³/mol. The molecule has 0 aliphatic carbocycles. The van der Waals surface area contributed by atoms with Crippen molar-refractivity contribution in [2.75, 3.05) is 31.2 Å². The number of rotatable bonds is 2. The zero-order chi connectivity index (χ0) is 18.3. The molecule has 0 spiro atoms. The second-order valence-corrected chi connectivity index (χ2v) is 6.52. The summed E-state index contributed by atoms with van der Waals surface area (Å²) < 4.78 is 5.25. The first-order chi connectivity index (χ1) is 12.6. The summed E-state index contributed by atoms with van der Waals surface area (Å²) in [5.74, 6) is -1.01. The Bertz CT molecular complexity index is 904. The molecule has 2 aromatic rings. The Hall–Kier alpha value is -2.70. The van der Waals surface area contributed by atoms with Crippen molar-refractivity contribution >= 4 is 35.0 Å². The van der Waals surface area contributed by atoms with Crippen LogP contribution < -0.4 is 4.90 Å². The van der Waals surface area contributed by atoms with Crippen LogP contribution in [0, 0.1) is 0 Å². The zero-order valence-electron chi connectivity index (χ0n) is 13.8. The zero-order valence-corrected chi connectivity index (χ0v) is 14.5. The van der Waals surface area contributed by atoms with Crippen molar-refractivity contribution in [3.63, 3.8) is 0 Å². The van der Waals surface area contributed by atoms with E-state index in [1.165, 1.54) is 6.07 Å². The fourth-order valence-corrected chi connectivity index (χ4v) is 3.27. The minimum absolute atomic E-state index is 0.165. The molecule has 0 N–H and O–H groups in total. The van der Waals surface area contributed by atoms with Gasteiger partial charge in [0.2, 0.25) is 0 Å². The number of amides is 3. The van der Waals surface area contributed by atoms with Crippen molar-refractivity contribution in [1.82, 2.24) is 4.90 Å². The van der Waals surface area contributed by atoms with Gasteiger partial charge in [0.05, 0.1) is 30.0 Å². The van der Waals surface area contributed by atoms with Gasteiger partial charge in [-0.1, -0.05) is 11.6 Å². The Kier molecular flexibility index (Phi) is 4.22. The van der Waals surface area contributed by atoms with E-state index in [1.54, 1.807) is 41.3 Å². The van der Waals surface area contributed by atoms with Crippen molar-refractivity contribution in [2.45, 2.75) is 0 Å². The topological polar surface area (TPSA) is 66.9 Å². The van der Waals surface area contributed by atoms with Crippen LogP contribution in [0.2, 0.25) is 5.02 Å². The average Bonchev–Trinajstić information content (AvgIpc) is 2.93. The Morgan fingerprint density at radius 3 is 2.27 bits per heavy atom. The number of morpholine rings is 1. The predicted octanol–water partition coefficient (Wildman–Crippen LogP) is 2.61. The monoisotopic (exact) mass is 370 g/mol. The molecule has 6 nitrogen and oxygen atoms in total. The van der Waals surface area contributed by atoms with E-state index in [1.807, 2.05) is 0 Å². The lowest BCUT2D eigenvalue weighted by molar-refractivity contribution is 0.0303. The van der Waals surface area contributed by atoms with Gasteiger partial charge in [0, 0.05) is 23.7 Å². The van der Waals surface area contributed by atoms with Gasteiger partial charge in [-0.05, 0) is 42.5 Å². The van der Waals surface area contributed by atoms with Crippen molar-refractivity contribution in [3.8, 4) is 0 Å². The van der Waals surface area contributed by atoms with Gasteiger partial charge in [0.15, 0.2) is 0 Å². The third-order valence-electron chi connectivity index (χ3n) is 4.52. The molecule has 1 saturated heterocycles. The van der Waals surface area contributed by atoms with Crippen molar-refractivity contribution < 1.29 is 19.1 Å². The number of carbonyl (C=O) groups excluding carboxylic acids is 3. The molecular formula is C19H15ClN2O4. The number of halogens is 1. The minimum atomic E-state index is -0.441. The summed E-state index contributed by atoms with van der Waals surface area (Å²) in [4.78, 5) is 40.8. The normalized spacial score (nSPS) is 16.8. The van der Waals surface area contributed by atoms with Crippen molar-refractivity contribution in [3.05, 3.63) is 64.2 Å². The van der Waals surface area contributed by atoms with Gasteiger partial charge >= 0.3 is 0 Å². The summed E-state index contributed by atoms with van der Waals surface area (Å²) in [5, 5.41) is 0.517. The molecule has 0 radical (unpaired) electrons. The highest BCUT2D eigenvalue weighted by molar-refractivity contribution is 6.35. The number of benzene rings is 2. The van der Waals surface area contributed by atoms with Crippen molar-refractivity contribution in [1.29, 1.82) is 0 Å². The molecule has 2 aliphatic rings. The molecule has 0 aromatic heterocycles. The summed E-state index contributed by atoms with van der Waals surface area (Å²) >= 11 is 5.87. The highest BCUT2D eigenvalue weighted by Gasteiger charge is 2.37. The standard InChI is InChI=1S/C19H15ClN2O4/c20-13-2-4-14(5-3-13)22-18(24)15-6-1-12(11-16(15)19(22)25)17(23)21-7-9-26-10-8-21/h1-6,11H,7-10H2. The smallest absolute Gasteiger partial charge is 0.266 e. The van der Waals surface area contributed by atoms with Gasteiger partial charge in [0.1, 0.15) is 0 Å². The van der Waals surface area contributed by atoms with Crippen LogP contribution in [0.25, 0.3) is 0 Å². The van der Waals surface area contributed by atoms with E-state index in [-0.39, 0.29) is 11.5 Å². The maximum Gasteiger partial charge on any atom is 0.266 e. The Morgan fingerprint density at radius 2 is 1.58 bits per heavy atom. The summed E-state index contributed by atoms with van der Waals surface area (Å²) in [6, 6.07) is 11.1. The third-order valence-corrected chi connectivity index (χ3v) is 4.77. The molecule has 4 rings (SSSR count). The lowest BCUT2D eigenvalue weighted by Crippen LogP contribution is -2.40. The summed E-state index contributed by atoms with van der Waals surface area (Å²) in [5.41, 5.74) is 1.37. The van der Waals surface area contributed by atoms with Crippen LogP contribution in [-0.4, -0.2) is 48.9 Å². The van der Waals surface area contributed by atoms with Crippen LogP contribution >= 0.6 is 11.6 Å². The maximum atomic E-state index is 12.8. The molecule has 0 unspecified atom stereocenters. The lowest BCUT2D eigenvalue weighted by atomic mass is 10.0. The first kappa shape index (κ1) is 16.8. The van der Waals surface area contributed by atoms with Gasteiger partial charge in [-0.25, -0.2) is 4.90 Å². The molecule has 7 heteroatoms. The van der Waals surface area contributed by atoms with Gasteiger partial charge in [-0.15, -0.1) is 0 Å². The quantitative estimate of drug-likeness (QED) is 0.762. The molecule has 2 aromatic carbocycles. The highest BCUT2D eigenvalue weighted by Crippen LogP contribution is 2.30. The summed E-state index contributed by atoms with van der Waals surface area (Å²) in [7, 11) is 0. The average molecular weight is 371 g/mol. The molecule has 132 valence electrons. The Labute approximate surface area is 154 Å². The first-order valence-corrected chi connectivity index (χ1v) is 8.59. The second kappa shape index (κ2) is 6.55. The minimum Gasteiger partial charge on any atom is -0.378 e. The lowest BCUT2D eigenvalue weighted by Gasteiger charge is -2.26. The molecule has 1 fully saturated rings. The number of hydrogen-bond donors (Lipinski definition) is 0. The van der Waals surface area contributed by atoms with Crippen LogP contribution in [0.5, 0.6) is 0 Å². The number of ether oxygens (including phenoxy) is 1. The van der Waals surface area contributed by atoms with E-state index in [0.717, 1.165) is 4.90 Å². The first-order valence-electron chi connectivity index (χ1n) is 8.21. The number of carbonyl (C=O) groups is 3. The van der Waals surface area contributed by atoms with Crippen molar-refractivity contribution in [2.24, 2.45) is 0 Å². The fraction of sp³-hybridized carbons (Fsp3) is 0.211. The van der Waals surface area contributed by atoms with Gasteiger partial charge in [-0.3, -0.25) is 14.4 Å². The summed E-state index contributed by atoms with van der Waals surface area (Å²) in [6.07, 6.45) is 0. The van der Waals surface area contributed by atoms with E-state index in [9.17, 15) is 14.4 Å². The molecule has 2 aliphatic heterocycles. The van der Waals surface area contributed by atoms with E-state index < -0.39 is 11.8 Å². The van der Waals surface area contributed by atoms with Gasteiger partial charge in [-0.2, -0.15) is 0 Å². The van der Waals surface area contributed by atoms with E-state index in [2.05, 4.69) is 0 Å². The number of imide groups is 1. The van der Waals surface area contributed by atoms with Crippen LogP contribution in [0.1, 0.15) is 31.1 Å². The van der Waals surface area contributed by atoms with Crippen LogP contribution in [-0.2, 0) is 4.74 Å². The molecular weight excluding hydrogens is 356 g/mol. The maximum absolute atomic E-state index is 12.8. The number of nitrogens with zero attached hydrogens (tertiary/aromatic N) is 2. The molecule has 2 heterocycles. The van der Waals surface area contributed by atoms with Gasteiger partial charge in [0.25, 0.3) is 17.7 Å². The number of hydrogen-bond acceptors (Lipinski definition) is 4. The highest BCUT2D eigenvalue weighted by atomic mass is 35.5. The Balaban J connectivity index is 1.66. The third kappa shape index (κ3) is 2.77. The van der Waals surface area contributed by atoms with E-state index >= 15 is 0 Å². The summed E-state index contributed by atoms with van der Waals surface area (Å²) in [6.45, 7) is 2.02. The fourth-order valence-electron chi connectivity index (χ4n) is 3.15. The van der Waals surface area contributed by atoms with E-state index in [0.29, 0.717) is 48.1 Å². The second-order valence-electron chi connectivity index (χ2n) is 6.09. The van der Waals surface area contributed by atoms with E-state index in [4.69, 9.17) is 16.3 Å². The van der Waals surface area contributed by atoms with Gasteiger partial charge < -0.3 is 9.64 Å².